The molecule has 2 aliphatic rings. The number of thioether (sulfide) groups is 1. The van der Waals surface area contributed by atoms with Crippen LogP contribution in [0.5, 0.6) is 0 Å². The lowest BCUT2D eigenvalue weighted by molar-refractivity contribution is 0.460. The van der Waals surface area contributed by atoms with Crippen molar-refractivity contribution < 1.29 is 0 Å². The molecule has 0 amide bonds. The lowest BCUT2D eigenvalue weighted by atomic mass is 10.1. The molecule has 2 aromatic rings. The first-order valence-corrected chi connectivity index (χ1v) is 8.55. The van der Waals surface area contributed by atoms with E-state index in [1.807, 2.05) is 48.7 Å². The van der Waals surface area contributed by atoms with E-state index < -0.39 is 0 Å². The van der Waals surface area contributed by atoms with E-state index in [9.17, 15) is 0 Å². The zero-order valence-corrected chi connectivity index (χ0v) is 13.7. The quantitative estimate of drug-likeness (QED) is 0.851. The van der Waals surface area contributed by atoms with E-state index in [1.165, 1.54) is 0 Å². The van der Waals surface area contributed by atoms with Crippen LogP contribution in [-0.2, 0) is 7.05 Å². The van der Waals surface area contributed by atoms with Crippen LogP contribution in [0, 0.1) is 0 Å². The van der Waals surface area contributed by atoms with Crippen molar-refractivity contribution >= 4 is 28.3 Å². The molecule has 4 heterocycles. The molecule has 0 fully saturated rings. The summed E-state index contributed by atoms with van der Waals surface area (Å²) in [6.45, 7) is 0.720. The van der Waals surface area contributed by atoms with Crippen molar-refractivity contribution in [3.63, 3.8) is 0 Å². The van der Waals surface area contributed by atoms with Gasteiger partial charge in [0, 0.05) is 43.0 Å². The summed E-state index contributed by atoms with van der Waals surface area (Å²) >= 11 is 1.62. The summed E-state index contributed by atoms with van der Waals surface area (Å²) in [7, 11) is 1.93. The van der Waals surface area contributed by atoms with Crippen LogP contribution in [0.3, 0.4) is 0 Å². The van der Waals surface area contributed by atoms with E-state index in [-0.39, 0.29) is 6.04 Å². The van der Waals surface area contributed by atoms with Gasteiger partial charge in [-0.05, 0) is 18.4 Å². The van der Waals surface area contributed by atoms with Gasteiger partial charge in [0.25, 0.3) is 0 Å². The van der Waals surface area contributed by atoms with Gasteiger partial charge >= 0.3 is 0 Å². The minimum atomic E-state index is 0.169. The standard InChI is InChI=1S/C16H16N6S/c1-21-9-12(7-19-21)14-8-18-15-16(23-2)20-13(10-22(14)15)11-4-3-5-17-6-11/h3-7,9-10,14H,8H2,1-2H3. The average molecular weight is 324 g/mol. The summed E-state index contributed by atoms with van der Waals surface area (Å²) in [4.78, 5) is 15.9. The van der Waals surface area contributed by atoms with Crippen LogP contribution in [0.1, 0.15) is 17.2 Å². The number of amidine groups is 1. The van der Waals surface area contributed by atoms with Crippen molar-refractivity contribution in [3.05, 3.63) is 54.2 Å². The van der Waals surface area contributed by atoms with Gasteiger partial charge in [0.2, 0.25) is 0 Å². The van der Waals surface area contributed by atoms with Crippen LogP contribution in [0.2, 0.25) is 0 Å². The van der Waals surface area contributed by atoms with Crippen molar-refractivity contribution in [2.45, 2.75) is 6.04 Å². The van der Waals surface area contributed by atoms with Crippen LogP contribution in [0.4, 0.5) is 0 Å². The summed E-state index contributed by atoms with van der Waals surface area (Å²) in [6.07, 6.45) is 11.7. The van der Waals surface area contributed by atoms with Crippen LogP contribution in [-0.4, -0.2) is 43.3 Å². The van der Waals surface area contributed by atoms with Crippen LogP contribution >= 0.6 is 11.8 Å². The summed E-state index contributed by atoms with van der Waals surface area (Å²) in [5, 5.41) is 5.23. The minimum absolute atomic E-state index is 0.169. The number of hydrogen-bond acceptors (Lipinski definition) is 6. The molecule has 4 rings (SSSR count). The Bertz CT molecular complexity index is 820. The number of rotatable bonds is 2. The van der Waals surface area contributed by atoms with Gasteiger partial charge in [-0.15, -0.1) is 11.8 Å². The highest BCUT2D eigenvalue weighted by Gasteiger charge is 2.34. The first-order valence-electron chi connectivity index (χ1n) is 7.33. The molecule has 0 N–H and O–H groups in total. The van der Waals surface area contributed by atoms with Gasteiger partial charge in [0.15, 0.2) is 5.84 Å². The van der Waals surface area contributed by atoms with Crippen molar-refractivity contribution in [2.75, 3.05) is 12.8 Å². The highest BCUT2D eigenvalue weighted by molar-refractivity contribution is 8.15. The number of hydrogen-bond donors (Lipinski definition) is 0. The van der Waals surface area contributed by atoms with Crippen LogP contribution in [0.15, 0.2) is 53.1 Å². The molecule has 1 atom stereocenters. The smallest absolute Gasteiger partial charge is 0.161 e. The van der Waals surface area contributed by atoms with Crippen molar-refractivity contribution in [1.82, 2.24) is 19.7 Å². The Morgan fingerprint density at radius 2 is 2.22 bits per heavy atom. The molecule has 2 aromatic heterocycles. The van der Waals surface area contributed by atoms with Gasteiger partial charge < -0.3 is 4.90 Å². The predicted molar refractivity (Wildman–Crippen MR) is 93.3 cm³/mol. The third kappa shape index (κ3) is 2.46. The van der Waals surface area contributed by atoms with E-state index in [0.717, 1.165) is 34.2 Å². The fourth-order valence-corrected chi connectivity index (χ4v) is 3.35. The van der Waals surface area contributed by atoms with E-state index in [1.54, 1.807) is 18.0 Å². The Morgan fingerprint density at radius 1 is 1.30 bits per heavy atom. The lowest BCUT2D eigenvalue weighted by Gasteiger charge is -2.27. The third-order valence-corrected chi connectivity index (χ3v) is 4.59. The summed E-state index contributed by atoms with van der Waals surface area (Å²) in [5.74, 6) is 0.944. The van der Waals surface area contributed by atoms with Gasteiger partial charge in [0.1, 0.15) is 5.04 Å². The number of nitrogens with zero attached hydrogens (tertiary/aromatic N) is 6. The molecule has 0 radical (unpaired) electrons. The lowest BCUT2D eigenvalue weighted by Crippen LogP contribution is -2.32. The molecule has 2 aliphatic heterocycles. The fraction of sp³-hybridized carbons (Fsp3) is 0.250. The first kappa shape index (κ1) is 14.2. The molecule has 0 saturated heterocycles. The average Bonchev–Trinajstić information content (AvgIpc) is 3.20. The maximum absolute atomic E-state index is 4.75. The van der Waals surface area contributed by atoms with E-state index in [4.69, 9.17) is 9.98 Å². The molecule has 7 heteroatoms. The molecule has 0 spiro atoms. The zero-order chi connectivity index (χ0) is 15.8. The second-order valence-corrected chi connectivity index (χ2v) is 6.21. The Morgan fingerprint density at radius 3 is 2.91 bits per heavy atom. The summed E-state index contributed by atoms with van der Waals surface area (Å²) in [6, 6.07) is 4.12. The third-order valence-electron chi connectivity index (χ3n) is 3.93. The molecule has 23 heavy (non-hydrogen) atoms. The van der Waals surface area contributed by atoms with Gasteiger partial charge in [-0.25, -0.2) is 4.99 Å². The highest BCUT2D eigenvalue weighted by atomic mass is 32.2. The minimum Gasteiger partial charge on any atom is -0.319 e. The summed E-state index contributed by atoms with van der Waals surface area (Å²) < 4.78 is 1.83. The van der Waals surface area contributed by atoms with Crippen molar-refractivity contribution in [2.24, 2.45) is 17.0 Å². The zero-order valence-electron chi connectivity index (χ0n) is 12.9. The highest BCUT2D eigenvalue weighted by Crippen LogP contribution is 2.34. The van der Waals surface area contributed by atoms with Crippen molar-refractivity contribution in [1.29, 1.82) is 0 Å². The molecule has 0 saturated carbocycles. The van der Waals surface area contributed by atoms with E-state index in [2.05, 4.69) is 21.2 Å². The number of aryl methyl sites for hydroxylation is 1. The van der Waals surface area contributed by atoms with Gasteiger partial charge in [0.05, 0.1) is 24.5 Å². The maximum atomic E-state index is 4.75. The Labute approximate surface area is 138 Å². The fourth-order valence-electron chi connectivity index (χ4n) is 2.81. The number of pyridine rings is 1. The monoisotopic (exact) mass is 324 g/mol. The van der Waals surface area contributed by atoms with Crippen LogP contribution < -0.4 is 0 Å². The van der Waals surface area contributed by atoms with E-state index >= 15 is 0 Å². The normalized spacial score (nSPS) is 20.0. The Balaban J connectivity index is 1.75. The first-order chi connectivity index (χ1) is 11.3. The molecule has 0 aliphatic carbocycles. The number of aromatic nitrogens is 3. The van der Waals surface area contributed by atoms with E-state index in [0.29, 0.717) is 0 Å². The SMILES string of the molecule is CSC1=NC(c2cccnc2)=CN2C1=NCC2c1cnn(C)c1. The second kappa shape index (κ2) is 5.66. The number of fused-ring (bicyclic) bond motifs is 1. The van der Waals surface area contributed by atoms with Gasteiger partial charge in [-0.2, -0.15) is 5.10 Å². The predicted octanol–water partition coefficient (Wildman–Crippen LogP) is 2.34. The van der Waals surface area contributed by atoms with Gasteiger partial charge in [-0.1, -0.05) is 0 Å². The second-order valence-electron chi connectivity index (χ2n) is 5.41. The maximum Gasteiger partial charge on any atom is 0.161 e. The number of aliphatic imine (C=N–C) groups is 2. The Kier molecular flexibility index (Phi) is 3.49. The molecule has 6 nitrogen and oxygen atoms in total. The Hall–Kier alpha value is -2.41. The van der Waals surface area contributed by atoms with Crippen molar-refractivity contribution in [3.8, 4) is 0 Å². The molecular weight excluding hydrogens is 308 g/mol. The molecule has 0 aromatic carbocycles. The largest absolute Gasteiger partial charge is 0.319 e. The topological polar surface area (TPSA) is 58.7 Å². The molecule has 1 unspecified atom stereocenters. The van der Waals surface area contributed by atoms with Gasteiger partial charge in [-0.3, -0.25) is 14.7 Å². The molecular formula is C16H16N6S. The van der Waals surface area contributed by atoms with Crippen LogP contribution in [0.25, 0.3) is 5.70 Å². The molecule has 116 valence electrons. The summed E-state index contributed by atoms with van der Waals surface area (Å²) in [5.41, 5.74) is 3.09. The molecule has 0 bridgehead atoms.